The third-order valence-corrected chi connectivity index (χ3v) is 6.07. The highest BCUT2D eigenvalue weighted by atomic mass is 31.2. The first-order valence-electron chi connectivity index (χ1n) is 4.45. The van der Waals surface area contributed by atoms with E-state index >= 15 is 0 Å². The first-order valence-corrected chi connectivity index (χ1v) is 6.13. The number of hydrogen-bond acceptors (Lipinski definition) is 3. The molecule has 0 spiro atoms. The van der Waals surface area contributed by atoms with Crippen molar-refractivity contribution in [3.63, 3.8) is 0 Å². The van der Waals surface area contributed by atoms with Crippen LogP contribution in [0.25, 0.3) is 0 Å². The summed E-state index contributed by atoms with van der Waals surface area (Å²) in [6.45, 7) is 3.50. The van der Waals surface area contributed by atoms with Gasteiger partial charge in [-0.2, -0.15) is 0 Å². The average molecular weight is 218 g/mol. The molecule has 0 aromatic heterocycles. The van der Waals surface area contributed by atoms with Gasteiger partial charge < -0.3 is 0 Å². The topological polar surface area (TPSA) is 57.7 Å². The molecule has 0 radical (unpaired) electrons. The SMILES string of the molecule is CC(C)P1(=O)N(C)C(=O)CC(=O)N1C. The lowest BCUT2D eigenvalue weighted by Crippen LogP contribution is -2.44. The van der Waals surface area contributed by atoms with Crippen LogP contribution in [-0.2, 0) is 14.2 Å². The minimum absolute atomic E-state index is 0.177. The quantitative estimate of drug-likeness (QED) is 0.485. The Balaban J connectivity index is 3.18. The van der Waals surface area contributed by atoms with E-state index in [-0.39, 0.29) is 23.9 Å². The van der Waals surface area contributed by atoms with Crippen LogP contribution in [0.2, 0.25) is 0 Å². The van der Waals surface area contributed by atoms with E-state index in [1.165, 1.54) is 23.4 Å². The second kappa shape index (κ2) is 3.39. The number of nitrogens with zero attached hydrogens (tertiary/aromatic N) is 2. The van der Waals surface area contributed by atoms with E-state index in [9.17, 15) is 14.2 Å². The van der Waals surface area contributed by atoms with Gasteiger partial charge in [-0.05, 0) is 0 Å². The summed E-state index contributed by atoms with van der Waals surface area (Å²) in [5, 5.41) is 0. The van der Waals surface area contributed by atoms with E-state index in [1.54, 1.807) is 13.8 Å². The van der Waals surface area contributed by atoms with Crippen LogP contribution in [0.5, 0.6) is 0 Å². The molecular formula is C8H15N2O3P. The fourth-order valence-electron chi connectivity index (χ4n) is 1.57. The van der Waals surface area contributed by atoms with Crippen LogP contribution in [0.1, 0.15) is 20.3 Å². The van der Waals surface area contributed by atoms with Crippen molar-refractivity contribution < 1.29 is 14.2 Å². The highest BCUT2D eigenvalue weighted by Gasteiger charge is 2.45. The van der Waals surface area contributed by atoms with Crippen LogP contribution in [0.3, 0.4) is 0 Å². The van der Waals surface area contributed by atoms with Gasteiger partial charge in [0, 0.05) is 19.8 Å². The molecule has 1 rings (SSSR count). The van der Waals surface area contributed by atoms with Crippen LogP contribution in [0, 0.1) is 0 Å². The van der Waals surface area contributed by atoms with Crippen LogP contribution in [0.4, 0.5) is 0 Å². The molecule has 0 aromatic rings. The van der Waals surface area contributed by atoms with Crippen molar-refractivity contribution in [2.45, 2.75) is 25.9 Å². The van der Waals surface area contributed by atoms with Crippen LogP contribution in [-0.4, -0.2) is 40.9 Å². The molecule has 0 N–H and O–H groups in total. The molecule has 80 valence electrons. The lowest BCUT2D eigenvalue weighted by atomic mass is 10.4. The zero-order valence-corrected chi connectivity index (χ0v) is 9.75. The van der Waals surface area contributed by atoms with E-state index in [0.717, 1.165) is 0 Å². The fourth-order valence-corrected chi connectivity index (χ4v) is 4.14. The van der Waals surface area contributed by atoms with Gasteiger partial charge in [0.05, 0.1) is 0 Å². The lowest BCUT2D eigenvalue weighted by Gasteiger charge is -2.41. The Labute approximate surface area is 83.5 Å². The van der Waals surface area contributed by atoms with Crippen molar-refractivity contribution in [2.24, 2.45) is 0 Å². The summed E-state index contributed by atoms with van der Waals surface area (Å²) in [4.78, 5) is 22.8. The van der Waals surface area contributed by atoms with Gasteiger partial charge in [0.15, 0.2) is 0 Å². The molecule has 1 saturated heterocycles. The van der Waals surface area contributed by atoms with E-state index in [1.807, 2.05) is 0 Å². The van der Waals surface area contributed by atoms with Gasteiger partial charge >= 0.3 is 0 Å². The predicted octanol–water partition coefficient (Wildman–Crippen LogP) is 0.908. The summed E-state index contributed by atoms with van der Waals surface area (Å²) in [5.74, 6) is -0.713. The maximum atomic E-state index is 12.4. The summed E-state index contributed by atoms with van der Waals surface area (Å²) in [7, 11) is -0.0279. The second-order valence-corrected chi connectivity index (χ2v) is 7.11. The first-order chi connectivity index (χ1) is 6.31. The molecule has 1 aliphatic heterocycles. The highest BCUT2D eigenvalue weighted by molar-refractivity contribution is 7.61. The Morgan fingerprint density at radius 1 is 1.14 bits per heavy atom. The summed E-state index contributed by atoms with van der Waals surface area (Å²) in [5.41, 5.74) is -0.231. The predicted molar refractivity (Wildman–Crippen MR) is 52.9 cm³/mol. The lowest BCUT2D eigenvalue weighted by molar-refractivity contribution is -0.137. The Kier molecular flexibility index (Phi) is 2.72. The number of carbonyl (C=O) groups is 2. The normalized spacial score (nSPS) is 22.1. The van der Waals surface area contributed by atoms with E-state index in [2.05, 4.69) is 0 Å². The maximum absolute atomic E-state index is 12.4. The number of rotatable bonds is 1. The van der Waals surface area contributed by atoms with Crippen molar-refractivity contribution in [3.8, 4) is 0 Å². The van der Waals surface area contributed by atoms with Gasteiger partial charge in [-0.3, -0.25) is 23.5 Å². The smallest absolute Gasteiger partial charge is 0.269 e. The molecule has 14 heavy (non-hydrogen) atoms. The Bertz CT molecular complexity index is 303. The largest absolute Gasteiger partial charge is 0.279 e. The number of carbonyl (C=O) groups excluding carboxylic acids is 2. The van der Waals surface area contributed by atoms with Crippen molar-refractivity contribution in [1.29, 1.82) is 0 Å². The first kappa shape index (κ1) is 11.2. The molecule has 2 amide bonds. The molecule has 0 atom stereocenters. The molecule has 0 bridgehead atoms. The zero-order chi connectivity index (χ0) is 11.1. The van der Waals surface area contributed by atoms with Crippen molar-refractivity contribution >= 4 is 19.3 Å². The monoisotopic (exact) mass is 218 g/mol. The van der Waals surface area contributed by atoms with E-state index in [4.69, 9.17) is 0 Å². The molecule has 0 aliphatic carbocycles. The molecular weight excluding hydrogens is 203 g/mol. The molecule has 6 heteroatoms. The van der Waals surface area contributed by atoms with Crippen LogP contribution < -0.4 is 0 Å². The van der Waals surface area contributed by atoms with Crippen LogP contribution in [0.15, 0.2) is 0 Å². The average Bonchev–Trinajstić information content (AvgIpc) is 2.11. The van der Waals surface area contributed by atoms with Gasteiger partial charge in [0.1, 0.15) is 6.42 Å². The molecule has 1 aliphatic rings. The molecule has 1 heterocycles. The van der Waals surface area contributed by atoms with Crippen molar-refractivity contribution in [3.05, 3.63) is 0 Å². The van der Waals surface area contributed by atoms with Gasteiger partial charge in [-0.25, -0.2) is 0 Å². The van der Waals surface area contributed by atoms with Crippen molar-refractivity contribution in [1.82, 2.24) is 9.34 Å². The Hall–Kier alpha value is -0.830. The van der Waals surface area contributed by atoms with Gasteiger partial charge in [0.2, 0.25) is 11.8 Å². The standard InChI is InChI=1S/C8H15N2O3P/c1-6(2)14(13)9(3)7(11)5-8(12)10(14)4/h6H,5H2,1-4H3. The van der Waals surface area contributed by atoms with E-state index < -0.39 is 7.44 Å². The Morgan fingerprint density at radius 3 is 1.79 bits per heavy atom. The summed E-state index contributed by atoms with van der Waals surface area (Å²) in [6, 6.07) is 0. The van der Waals surface area contributed by atoms with E-state index in [0.29, 0.717) is 0 Å². The molecule has 0 aromatic carbocycles. The summed E-state index contributed by atoms with van der Waals surface area (Å²) in [6.07, 6.45) is -0.177. The maximum Gasteiger partial charge on any atom is 0.269 e. The minimum Gasteiger partial charge on any atom is -0.279 e. The number of amides is 2. The molecule has 5 nitrogen and oxygen atoms in total. The second-order valence-electron chi connectivity index (χ2n) is 3.69. The minimum atomic E-state index is -3.01. The fraction of sp³-hybridized carbons (Fsp3) is 0.750. The van der Waals surface area contributed by atoms with Crippen molar-refractivity contribution in [2.75, 3.05) is 14.1 Å². The third kappa shape index (κ3) is 1.36. The molecule has 1 fully saturated rings. The summed E-state index contributed by atoms with van der Waals surface area (Å²) >= 11 is 0. The Morgan fingerprint density at radius 2 is 1.50 bits per heavy atom. The molecule has 0 saturated carbocycles. The van der Waals surface area contributed by atoms with Gasteiger partial charge in [-0.1, -0.05) is 13.8 Å². The third-order valence-electron chi connectivity index (χ3n) is 2.56. The van der Waals surface area contributed by atoms with Gasteiger partial charge in [-0.15, -0.1) is 0 Å². The van der Waals surface area contributed by atoms with Crippen LogP contribution >= 0.6 is 7.44 Å². The highest BCUT2D eigenvalue weighted by Crippen LogP contribution is 2.57. The molecule has 0 unspecified atom stereocenters. The number of hydrogen-bond donors (Lipinski definition) is 0. The zero-order valence-electron chi connectivity index (χ0n) is 8.85. The van der Waals surface area contributed by atoms with Gasteiger partial charge in [0.25, 0.3) is 7.44 Å². The summed E-state index contributed by atoms with van der Waals surface area (Å²) < 4.78 is 14.9.